The molecular formula is C17H20N2O4. The minimum atomic E-state index is -0.405. The summed E-state index contributed by atoms with van der Waals surface area (Å²) in [4.78, 5) is 35.0. The second-order valence-corrected chi connectivity index (χ2v) is 5.29. The molecule has 23 heavy (non-hydrogen) atoms. The molecule has 0 fully saturated rings. The molecule has 0 radical (unpaired) electrons. The van der Waals surface area contributed by atoms with Gasteiger partial charge in [0.05, 0.1) is 5.92 Å². The normalized spacial score (nSPS) is 16.5. The van der Waals surface area contributed by atoms with Gasteiger partial charge in [0.25, 0.3) is 11.8 Å². The lowest BCUT2D eigenvalue weighted by Crippen LogP contribution is -2.25. The van der Waals surface area contributed by atoms with Gasteiger partial charge in [0, 0.05) is 18.3 Å². The average molecular weight is 316 g/mol. The van der Waals surface area contributed by atoms with E-state index in [-0.39, 0.29) is 24.4 Å². The van der Waals surface area contributed by atoms with Crippen LogP contribution in [0.3, 0.4) is 0 Å². The first-order chi connectivity index (χ1) is 11.1. The van der Waals surface area contributed by atoms with E-state index in [0.29, 0.717) is 17.7 Å². The molecule has 2 rings (SSSR count). The molecule has 122 valence electrons. The van der Waals surface area contributed by atoms with Gasteiger partial charge in [-0.2, -0.15) is 0 Å². The molecule has 2 amide bonds. The molecule has 1 aromatic rings. The molecule has 0 saturated heterocycles. The summed E-state index contributed by atoms with van der Waals surface area (Å²) in [5.74, 6) is -1.09. The lowest BCUT2D eigenvalue weighted by molar-refractivity contribution is -0.151. The van der Waals surface area contributed by atoms with Crippen LogP contribution in [0.4, 0.5) is 5.69 Å². The van der Waals surface area contributed by atoms with Crippen LogP contribution in [0.1, 0.15) is 29.6 Å². The summed E-state index contributed by atoms with van der Waals surface area (Å²) in [7, 11) is 1.55. The Morgan fingerprint density at radius 2 is 1.91 bits per heavy atom. The third kappa shape index (κ3) is 4.95. The second kappa shape index (κ2) is 8.12. The Kier molecular flexibility index (Phi) is 5.91. The van der Waals surface area contributed by atoms with E-state index in [4.69, 9.17) is 4.74 Å². The zero-order valence-electron chi connectivity index (χ0n) is 13.0. The first-order valence-corrected chi connectivity index (χ1v) is 7.54. The highest BCUT2D eigenvalue weighted by Crippen LogP contribution is 2.19. The molecule has 1 aliphatic carbocycles. The van der Waals surface area contributed by atoms with E-state index in [1.54, 1.807) is 31.3 Å². The fourth-order valence-corrected chi connectivity index (χ4v) is 2.31. The molecule has 0 unspecified atom stereocenters. The van der Waals surface area contributed by atoms with Crippen LogP contribution in [0, 0.1) is 5.92 Å². The molecule has 0 heterocycles. The summed E-state index contributed by atoms with van der Waals surface area (Å²) in [5.41, 5.74) is 1.04. The molecule has 0 bridgehead atoms. The van der Waals surface area contributed by atoms with E-state index in [1.807, 2.05) is 12.2 Å². The third-order valence-corrected chi connectivity index (χ3v) is 3.61. The molecule has 0 spiro atoms. The molecule has 0 aromatic heterocycles. The van der Waals surface area contributed by atoms with Crippen LogP contribution in [-0.2, 0) is 14.3 Å². The number of carbonyl (C=O) groups excluding carboxylic acids is 3. The van der Waals surface area contributed by atoms with E-state index >= 15 is 0 Å². The summed E-state index contributed by atoms with van der Waals surface area (Å²) in [6.45, 7) is -0.309. The van der Waals surface area contributed by atoms with Crippen LogP contribution in [0.5, 0.6) is 0 Å². The number of carbonyl (C=O) groups is 3. The SMILES string of the molecule is CNC(=O)c1ccc(NC(=O)COC(=O)[C@@H]2CC=CCC2)cc1. The summed E-state index contributed by atoms with van der Waals surface area (Å²) in [6, 6.07) is 6.45. The van der Waals surface area contributed by atoms with Crippen molar-refractivity contribution in [1.82, 2.24) is 5.32 Å². The number of hydrogen-bond donors (Lipinski definition) is 2. The van der Waals surface area contributed by atoms with Gasteiger partial charge in [0.1, 0.15) is 0 Å². The summed E-state index contributed by atoms with van der Waals surface area (Å²) >= 11 is 0. The van der Waals surface area contributed by atoms with Crippen molar-refractivity contribution >= 4 is 23.5 Å². The van der Waals surface area contributed by atoms with Crippen LogP contribution < -0.4 is 10.6 Å². The fourth-order valence-electron chi connectivity index (χ4n) is 2.31. The van der Waals surface area contributed by atoms with Crippen LogP contribution in [0.2, 0.25) is 0 Å². The van der Waals surface area contributed by atoms with Gasteiger partial charge < -0.3 is 15.4 Å². The maximum atomic E-state index is 11.8. The van der Waals surface area contributed by atoms with Crippen molar-refractivity contribution in [2.75, 3.05) is 19.0 Å². The Morgan fingerprint density at radius 1 is 1.17 bits per heavy atom. The van der Waals surface area contributed by atoms with Crippen molar-refractivity contribution in [2.45, 2.75) is 19.3 Å². The van der Waals surface area contributed by atoms with Gasteiger partial charge in [0.15, 0.2) is 6.61 Å². The number of anilines is 1. The largest absolute Gasteiger partial charge is 0.455 e. The van der Waals surface area contributed by atoms with Crippen LogP contribution in [0.25, 0.3) is 0 Å². The van der Waals surface area contributed by atoms with E-state index in [2.05, 4.69) is 10.6 Å². The summed E-state index contributed by atoms with van der Waals surface area (Å²) in [5, 5.41) is 5.14. The Morgan fingerprint density at radius 3 is 2.52 bits per heavy atom. The average Bonchev–Trinajstić information content (AvgIpc) is 2.60. The van der Waals surface area contributed by atoms with E-state index in [1.165, 1.54) is 0 Å². The standard InChI is InChI=1S/C17H20N2O4/c1-18-16(21)12-7-9-14(10-8-12)19-15(20)11-23-17(22)13-5-3-2-4-6-13/h2-3,7-10,13H,4-6,11H2,1H3,(H,18,21)(H,19,20)/t13-/m1/s1. The summed E-state index contributed by atoms with van der Waals surface area (Å²) in [6.07, 6.45) is 6.30. The molecule has 6 heteroatoms. The molecule has 1 aromatic carbocycles. The smallest absolute Gasteiger partial charge is 0.309 e. The van der Waals surface area contributed by atoms with Crippen molar-refractivity contribution in [3.05, 3.63) is 42.0 Å². The van der Waals surface area contributed by atoms with E-state index in [9.17, 15) is 14.4 Å². The third-order valence-electron chi connectivity index (χ3n) is 3.61. The van der Waals surface area contributed by atoms with Crippen molar-refractivity contribution in [3.63, 3.8) is 0 Å². The van der Waals surface area contributed by atoms with Gasteiger partial charge in [-0.25, -0.2) is 0 Å². The minimum absolute atomic E-state index is 0.153. The first-order valence-electron chi connectivity index (χ1n) is 7.54. The van der Waals surface area contributed by atoms with Gasteiger partial charge in [-0.15, -0.1) is 0 Å². The Balaban J connectivity index is 1.79. The topological polar surface area (TPSA) is 84.5 Å². The molecule has 0 aliphatic heterocycles. The number of hydrogen-bond acceptors (Lipinski definition) is 4. The number of amides is 2. The van der Waals surface area contributed by atoms with Gasteiger partial charge >= 0.3 is 5.97 Å². The molecule has 1 aliphatic rings. The number of nitrogens with one attached hydrogen (secondary N) is 2. The Hall–Kier alpha value is -2.63. The zero-order valence-corrected chi connectivity index (χ0v) is 13.0. The zero-order chi connectivity index (χ0) is 16.7. The van der Waals surface area contributed by atoms with Gasteiger partial charge in [-0.05, 0) is 43.5 Å². The van der Waals surface area contributed by atoms with Crippen molar-refractivity contribution in [3.8, 4) is 0 Å². The Bertz CT molecular complexity index is 608. The molecule has 0 saturated carbocycles. The summed E-state index contributed by atoms with van der Waals surface area (Å²) < 4.78 is 5.05. The highest BCUT2D eigenvalue weighted by Gasteiger charge is 2.20. The molecule has 1 atom stereocenters. The predicted octanol–water partition coefficient (Wildman–Crippen LogP) is 1.88. The minimum Gasteiger partial charge on any atom is -0.455 e. The molecular weight excluding hydrogens is 296 g/mol. The lowest BCUT2D eigenvalue weighted by Gasteiger charge is -2.16. The maximum Gasteiger partial charge on any atom is 0.309 e. The number of esters is 1. The number of rotatable bonds is 5. The second-order valence-electron chi connectivity index (χ2n) is 5.29. The molecule has 6 nitrogen and oxygen atoms in total. The quantitative estimate of drug-likeness (QED) is 0.642. The van der Waals surface area contributed by atoms with Crippen LogP contribution in [0.15, 0.2) is 36.4 Å². The number of ether oxygens (including phenoxy) is 1. The van der Waals surface area contributed by atoms with Gasteiger partial charge in [0.2, 0.25) is 0 Å². The predicted molar refractivity (Wildman–Crippen MR) is 85.9 cm³/mol. The number of benzene rings is 1. The van der Waals surface area contributed by atoms with E-state index < -0.39 is 5.91 Å². The highest BCUT2D eigenvalue weighted by atomic mass is 16.5. The highest BCUT2D eigenvalue weighted by molar-refractivity contribution is 5.96. The van der Waals surface area contributed by atoms with Crippen molar-refractivity contribution in [2.24, 2.45) is 5.92 Å². The molecule has 2 N–H and O–H groups in total. The fraction of sp³-hybridized carbons (Fsp3) is 0.353. The van der Waals surface area contributed by atoms with Crippen LogP contribution in [-0.4, -0.2) is 31.4 Å². The Labute approximate surface area is 134 Å². The monoisotopic (exact) mass is 316 g/mol. The number of allylic oxidation sites excluding steroid dienone is 2. The van der Waals surface area contributed by atoms with Crippen molar-refractivity contribution in [1.29, 1.82) is 0 Å². The lowest BCUT2D eigenvalue weighted by atomic mass is 9.95. The van der Waals surface area contributed by atoms with Gasteiger partial charge in [-0.3, -0.25) is 14.4 Å². The van der Waals surface area contributed by atoms with Crippen LogP contribution >= 0.6 is 0 Å². The first kappa shape index (κ1) is 16.7. The van der Waals surface area contributed by atoms with Gasteiger partial charge in [-0.1, -0.05) is 12.2 Å². The maximum absolute atomic E-state index is 11.8. The van der Waals surface area contributed by atoms with E-state index in [0.717, 1.165) is 12.8 Å². The van der Waals surface area contributed by atoms with Crippen molar-refractivity contribution < 1.29 is 19.1 Å².